The summed E-state index contributed by atoms with van der Waals surface area (Å²) in [6.07, 6.45) is 0.626. The summed E-state index contributed by atoms with van der Waals surface area (Å²) in [6.45, 7) is 2.88. The number of amides is 2. The Morgan fingerprint density at radius 2 is 1.95 bits per heavy atom. The van der Waals surface area contributed by atoms with Crippen molar-refractivity contribution in [2.75, 3.05) is 6.61 Å². The molecule has 0 N–H and O–H groups in total. The van der Waals surface area contributed by atoms with Gasteiger partial charge in [-0.1, -0.05) is 30.3 Å². The fraction of sp³-hybridized carbons (Fsp3) is 0.467. The molecule has 1 aliphatic carbocycles. The second-order valence-electron chi connectivity index (χ2n) is 5.11. The second-order valence-corrected chi connectivity index (χ2v) is 5.11. The normalized spacial score (nSPS) is 29.3. The molecule has 0 radical (unpaired) electrons. The van der Waals surface area contributed by atoms with E-state index in [1.807, 2.05) is 37.3 Å². The first kappa shape index (κ1) is 12.4. The molecule has 3 rings (SSSR count). The topological polar surface area (TPSA) is 46.6 Å². The largest absolute Gasteiger partial charge is 0.378 e. The average molecular weight is 259 g/mol. The first-order valence-electron chi connectivity index (χ1n) is 6.73. The lowest BCUT2D eigenvalue weighted by Gasteiger charge is -2.35. The summed E-state index contributed by atoms with van der Waals surface area (Å²) in [5.41, 5.74) is 0.985. The molecule has 0 aromatic heterocycles. The number of fused-ring (bicyclic) bond motifs is 1. The lowest BCUT2D eigenvalue weighted by atomic mass is 9.72. The summed E-state index contributed by atoms with van der Waals surface area (Å²) in [6, 6.07) is 9.61. The molecule has 2 amide bonds. The highest BCUT2D eigenvalue weighted by atomic mass is 16.5. The Hall–Kier alpha value is -1.68. The van der Waals surface area contributed by atoms with Crippen LogP contribution in [-0.4, -0.2) is 29.4 Å². The van der Waals surface area contributed by atoms with Crippen LogP contribution in [0.4, 0.5) is 0 Å². The summed E-state index contributed by atoms with van der Waals surface area (Å²) < 4.78 is 5.51. The molecule has 3 unspecified atom stereocenters. The van der Waals surface area contributed by atoms with E-state index in [9.17, 15) is 9.59 Å². The number of benzene rings is 1. The number of hydrogen-bond donors (Lipinski definition) is 0. The molecule has 2 aliphatic rings. The van der Waals surface area contributed by atoms with Gasteiger partial charge in [0.1, 0.15) is 0 Å². The standard InChI is InChI=1S/C15H17NO3/c1-2-19-12-8-11-13(12)15(18)16(14(11)17)9-10-6-4-3-5-7-10/h3-7,11-13H,2,8-9H2,1H3. The van der Waals surface area contributed by atoms with Gasteiger partial charge in [-0.3, -0.25) is 14.5 Å². The summed E-state index contributed by atoms with van der Waals surface area (Å²) in [5.74, 6) is -0.484. The molecular weight excluding hydrogens is 242 g/mol. The lowest BCUT2D eigenvalue weighted by Crippen LogP contribution is -2.45. The SMILES string of the molecule is CCOC1CC2C(=O)N(Cc3ccccc3)C(=O)C12. The van der Waals surface area contributed by atoms with Crippen LogP contribution in [0.1, 0.15) is 18.9 Å². The van der Waals surface area contributed by atoms with E-state index in [0.29, 0.717) is 19.6 Å². The number of carbonyl (C=O) groups excluding carboxylic acids is 2. The third-order valence-electron chi connectivity index (χ3n) is 4.02. The smallest absolute Gasteiger partial charge is 0.236 e. The highest BCUT2D eigenvalue weighted by Crippen LogP contribution is 2.44. The molecular formula is C15H17NO3. The van der Waals surface area contributed by atoms with E-state index in [0.717, 1.165) is 5.56 Å². The van der Waals surface area contributed by atoms with Crippen LogP contribution >= 0.6 is 0 Å². The zero-order valence-electron chi connectivity index (χ0n) is 10.9. The van der Waals surface area contributed by atoms with Crippen LogP contribution in [-0.2, 0) is 20.9 Å². The van der Waals surface area contributed by atoms with E-state index in [1.165, 1.54) is 4.90 Å². The molecule has 4 heteroatoms. The van der Waals surface area contributed by atoms with Crippen molar-refractivity contribution < 1.29 is 14.3 Å². The predicted molar refractivity (Wildman–Crippen MR) is 69.0 cm³/mol. The molecule has 2 fully saturated rings. The molecule has 19 heavy (non-hydrogen) atoms. The van der Waals surface area contributed by atoms with Gasteiger partial charge in [-0.15, -0.1) is 0 Å². The number of rotatable bonds is 4. The van der Waals surface area contributed by atoms with Crippen molar-refractivity contribution >= 4 is 11.8 Å². The molecule has 1 saturated heterocycles. The van der Waals surface area contributed by atoms with Crippen LogP contribution < -0.4 is 0 Å². The van der Waals surface area contributed by atoms with E-state index in [4.69, 9.17) is 4.74 Å². The Morgan fingerprint density at radius 3 is 2.63 bits per heavy atom. The minimum absolute atomic E-state index is 0.0326. The molecule has 4 nitrogen and oxygen atoms in total. The van der Waals surface area contributed by atoms with Crippen molar-refractivity contribution in [1.82, 2.24) is 4.90 Å². The zero-order valence-corrected chi connectivity index (χ0v) is 10.9. The molecule has 1 saturated carbocycles. The molecule has 1 aromatic carbocycles. The number of imide groups is 1. The van der Waals surface area contributed by atoms with Crippen LogP contribution in [0.3, 0.4) is 0 Å². The van der Waals surface area contributed by atoms with E-state index in [1.54, 1.807) is 0 Å². The first-order valence-corrected chi connectivity index (χ1v) is 6.73. The van der Waals surface area contributed by atoms with E-state index < -0.39 is 0 Å². The number of ether oxygens (including phenoxy) is 1. The molecule has 0 spiro atoms. The maximum Gasteiger partial charge on any atom is 0.236 e. The first-order chi connectivity index (χ1) is 9.22. The Kier molecular flexibility index (Phi) is 3.11. The van der Waals surface area contributed by atoms with E-state index >= 15 is 0 Å². The number of hydrogen-bond acceptors (Lipinski definition) is 3. The third-order valence-corrected chi connectivity index (χ3v) is 4.02. The van der Waals surface area contributed by atoms with Crippen molar-refractivity contribution in [2.45, 2.75) is 26.0 Å². The molecule has 3 atom stereocenters. The summed E-state index contributed by atoms with van der Waals surface area (Å²) in [5, 5.41) is 0. The van der Waals surface area contributed by atoms with Gasteiger partial charge < -0.3 is 4.74 Å². The molecule has 0 bridgehead atoms. The number of likely N-dealkylation sites (tertiary alicyclic amines) is 1. The monoisotopic (exact) mass is 259 g/mol. The number of nitrogens with zero attached hydrogens (tertiary/aromatic N) is 1. The van der Waals surface area contributed by atoms with Gasteiger partial charge in [0.25, 0.3) is 0 Å². The predicted octanol–water partition coefficient (Wildman–Crippen LogP) is 1.60. The van der Waals surface area contributed by atoms with Crippen LogP contribution in [0, 0.1) is 11.8 Å². The van der Waals surface area contributed by atoms with Crippen molar-refractivity contribution in [3.05, 3.63) is 35.9 Å². The van der Waals surface area contributed by atoms with Gasteiger partial charge in [0.2, 0.25) is 11.8 Å². The van der Waals surface area contributed by atoms with Crippen molar-refractivity contribution in [3.8, 4) is 0 Å². The minimum Gasteiger partial charge on any atom is -0.378 e. The Bertz CT molecular complexity index is 499. The minimum atomic E-state index is -0.240. The van der Waals surface area contributed by atoms with E-state index in [-0.39, 0.29) is 29.8 Å². The molecule has 1 aromatic rings. The quantitative estimate of drug-likeness (QED) is 0.772. The maximum atomic E-state index is 12.3. The average Bonchev–Trinajstić information content (AvgIpc) is 2.57. The van der Waals surface area contributed by atoms with Crippen molar-refractivity contribution in [2.24, 2.45) is 11.8 Å². The molecule has 1 heterocycles. The highest BCUT2D eigenvalue weighted by molar-refractivity contribution is 6.06. The highest BCUT2D eigenvalue weighted by Gasteiger charge is 2.58. The van der Waals surface area contributed by atoms with Crippen molar-refractivity contribution in [3.63, 3.8) is 0 Å². The van der Waals surface area contributed by atoms with Gasteiger partial charge >= 0.3 is 0 Å². The van der Waals surface area contributed by atoms with Crippen LogP contribution in [0.15, 0.2) is 30.3 Å². The van der Waals surface area contributed by atoms with Gasteiger partial charge in [0.05, 0.1) is 24.5 Å². The second kappa shape index (κ2) is 4.78. The Balaban J connectivity index is 1.74. The number of carbonyl (C=O) groups is 2. The van der Waals surface area contributed by atoms with Gasteiger partial charge in [-0.2, -0.15) is 0 Å². The molecule has 1 aliphatic heterocycles. The Morgan fingerprint density at radius 1 is 1.21 bits per heavy atom. The summed E-state index contributed by atoms with van der Waals surface area (Å²) in [4.78, 5) is 25.9. The lowest BCUT2D eigenvalue weighted by molar-refractivity contribution is -0.142. The van der Waals surface area contributed by atoms with Gasteiger partial charge in [0, 0.05) is 6.61 Å². The van der Waals surface area contributed by atoms with Crippen LogP contribution in [0.25, 0.3) is 0 Å². The Labute approximate surface area is 112 Å². The van der Waals surface area contributed by atoms with Crippen LogP contribution in [0.2, 0.25) is 0 Å². The fourth-order valence-electron chi connectivity index (χ4n) is 2.99. The fourth-order valence-corrected chi connectivity index (χ4v) is 2.99. The maximum absolute atomic E-state index is 12.3. The van der Waals surface area contributed by atoms with Gasteiger partial charge in [-0.25, -0.2) is 0 Å². The van der Waals surface area contributed by atoms with Gasteiger partial charge in [-0.05, 0) is 18.9 Å². The molecule has 100 valence electrons. The van der Waals surface area contributed by atoms with E-state index in [2.05, 4.69) is 0 Å². The zero-order chi connectivity index (χ0) is 13.4. The summed E-state index contributed by atoms with van der Waals surface area (Å²) in [7, 11) is 0. The van der Waals surface area contributed by atoms with Gasteiger partial charge in [0.15, 0.2) is 0 Å². The third kappa shape index (κ3) is 1.96. The van der Waals surface area contributed by atoms with Crippen LogP contribution in [0.5, 0.6) is 0 Å². The van der Waals surface area contributed by atoms with Crippen molar-refractivity contribution in [1.29, 1.82) is 0 Å². The summed E-state index contributed by atoms with van der Waals surface area (Å²) >= 11 is 0.